The highest BCUT2D eigenvalue weighted by Crippen LogP contribution is 2.22. The summed E-state index contributed by atoms with van der Waals surface area (Å²) in [6.07, 6.45) is 0. The Morgan fingerprint density at radius 3 is 2.38 bits per heavy atom. The molecule has 0 radical (unpaired) electrons. The van der Waals surface area contributed by atoms with Crippen LogP contribution < -0.4 is 4.72 Å². The van der Waals surface area contributed by atoms with Crippen molar-refractivity contribution in [1.29, 1.82) is 0 Å². The van der Waals surface area contributed by atoms with Crippen molar-refractivity contribution in [2.24, 2.45) is 0 Å². The minimum Gasteiger partial charge on any atom is -0.280 e. The Bertz CT molecular complexity index is 1040. The van der Waals surface area contributed by atoms with Crippen molar-refractivity contribution in [3.8, 4) is 0 Å². The smallest absolute Gasteiger partial charge is 0.261 e. The van der Waals surface area contributed by atoms with Gasteiger partial charge in [-0.1, -0.05) is 29.8 Å². The number of aromatic nitrogens is 2. The first-order valence-electron chi connectivity index (χ1n) is 8.14. The second kappa shape index (κ2) is 7.25. The molecule has 0 unspecified atom stereocenters. The Kier molecular flexibility index (Phi) is 5.20. The quantitative estimate of drug-likeness (QED) is 0.647. The standard InChI is InChI=1S/C19H20BrN3O2S/c1-13-7-9-18(10-8-13)26(24,25)22-17-6-4-5-16(11-17)12-23-15(3)19(20)14(2)21-23/h4-11,22H,12H2,1-3H3. The summed E-state index contributed by atoms with van der Waals surface area (Å²) in [5, 5.41) is 4.50. The number of nitrogens with zero attached hydrogens (tertiary/aromatic N) is 2. The maximum atomic E-state index is 12.5. The first kappa shape index (κ1) is 18.7. The molecule has 2 aromatic carbocycles. The lowest BCUT2D eigenvalue weighted by atomic mass is 10.2. The van der Waals surface area contributed by atoms with Gasteiger partial charge in [-0.3, -0.25) is 9.40 Å². The fraction of sp³-hybridized carbons (Fsp3) is 0.211. The van der Waals surface area contributed by atoms with Gasteiger partial charge in [-0.15, -0.1) is 0 Å². The van der Waals surface area contributed by atoms with Crippen LogP contribution >= 0.6 is 15.9 Å². The van der Waals surface area contributed by atoms with E-state index >= 15 is 0 Å². The van der Waals surface area contributed by atoms with Gasteiger partial charge in [-0.2, -0.15) is 5.10 Å². The van der Waals surface area contributed by atoms with Crippen LogP contribution in [0.15, 0.2) is 57.9 Å². The van der Waals surface area contributed by atoms with E-state index in [1.54, 1.807) is 30.3 Å². The van der Waals surface area contributed by atoms with Gasteiger partial charge in [-0.25, -0.2) is 8.42 Å². The van der Waals surface area contributed by atoms with E-state index in [0.717, 1.165) is 27.0 Å². The van der Waals surface area contributed by atoms with Crippen molar-refractivity contribution in [2.75, 3.05) is 4.72 Å². The van der Waals surface area contributed by atoms with Crippen molar-refractivity contribution in [3.05, 3.63) is 75.5 Å². The van der Waals surface area contributed by atoms with Crippen LogP contribution in [0.5, 0.6) is 0 Å². The first-order chi connectivity index (χ1) is 12.3. The molecule has 1 N–H and O–H groups in total. The van der Waals surface area contributed by atoms with Crippen LogP contribution in [0.1, 0.15) is 22.5 Å². The van der Waals surface area contributed by atoms with Crippen LogP contribution in [0.3, 0.4) is 0 Å². The Hall–Kier alpha value is -2.12. The van der Waals surface area contributed by atoms with Crippen LogP contribution in [0, 0.1) is 20.8 Å². The maximum Gasteiger partial charge on any atom is 0.261 e. The molecule has 136 valence electrons. The number of rotatable bonds is 5. The molecule has 0 aliphatic carbocycles. The first-order valence-corrected chi connectivity index (χ1v) is 10.4. The Balaban J connectivity index is 1.83. The van der Waals surface area contributed by atoms with E-state index in [2.05, 4.69) is 25.8 Å². The third-order valence-corrected chi connectivity index (χ3v) is 6.68. The van der Waals surface area contributed by atoms with E-state index in [-0.39, 0.29) is 4.90 Å². The van der Waals surface area contributed by atoms with Crippen LogP contribution in [0.2, 0.25) is 0 Å². The third-order valence-electron chi connectivity index (χ3n) is 4.14. The van der Waals surface area contributed by atoms with Gasteiger partial charge >= 0.3 is 0 Å². The average Bonchev–Trinajstić information content (AvgIpc) is 2.82. The third kappa shape index (κ3) is 3.99. The minimum absolute atomic E-state index is 0.246. The molecule has 0 atom stereocenters. The van der Waals surface area contributed by atoms with Crippen LogP contribution in [0.25, 0.3) is 0 Å². The molecule has 0 spiro atoms. The SMILES string of the molecule is Cc1ccc(S(=O)(=O)Nc2cccc(Cn3nc(C)c(Br)c3C)c2)cc1. The van der Waals surface area contributed by atoms with E-state index in [9.17, 15) is 8.42 Å². The van der Waals surface area contributed by atoms with E-state index < -0.39 is 10.0 Å². The fourth-order valence-corrected chi connectivity index (χ4v) is 4.00. The van der Waals surface area contributed by atoms with E-state index in [1.807, 2.05) is 43.7 Å². The summed E-state index contributed by atoms with van der Waals surface area (Å²) in [7, 11) is -3.61. The summed E-state index contributed by atoms with van der Waals surface area (Å²) in [5.41, 5.74) is 4.48. The van der Waals surface area contributed by atoms with Crippen LogP contribution in [0.4, 0.5) is 5.69 Å². The summed E-state index contributed by atoms with van der Waals surface area (Å²) in [6, 6.07) is 14.1. The zero-order valence-electron chi connectivity index (χ0n) is 14.8. The molecule has 0 fully saturated rings. The van der Waals surface area contributed by atoms with Crippen molar-refractivity contribution in [2.45, 2.75) is 32.2 Å². The fourth-order valence-electron chi connectivity index (χ4n) is 2.67. The molecule has 0 aliphatic rings. The van der Waals surface area contributed by atoms with Gasteiger partial charge in [0.05, 0.1) is 27.3 Å². The van der Waals surface area contributed by atoms with E-state index in [4.69, 9.17) is 0 Å². The average molecular weight is 434 g/mol. The van der Waals surface area contributed by atoms with Crippen molar-refractivity contribution in [1.82, 2.24) is 9.78 Å². The summed E-state index contributed by atoms with van der Waals surface area (Å²) >= 11 is 3.52. The van der Waals surface area contributed by atoms with Gasteiger partial charge in [0.1, 0.15) is 0 Å². The molecule has 0 saturated heterocycles. The molecule has 0 aliphatic heterocycles. The predicted octanol–water partition coefficient (Wildman–Crippen LogP) is 4.42. The molecule has 26 heavy (non-hydrogen) atoms. The Morgan fingerprint density at radius 2 is 1.77 bits per heavy atom. The summed E-state index contributed by atoms with van der Waals surface area (Å²) in [6.45, 7) is 6.43. The normalized spacial score (nSPS) is 11.5. The van der Waals surface area contributed by atoms with E-state index in [1.165, 1.54) is 0 Å². The van der Waals surface area contributed by atoms with Gasteiger partial charge in [0, 0.05) is 5.69 Å². The molecule has 1 aromatic heterocycles. The lowest BCUT2D eigenvalue weighted by Gasteiger charge is -2.10. The second-order valence-electron chi connectivity index (χ2n) is 6.26. The van der Waals surface area contributed by atoms with Gasteiger partial charge in [-0.05, 0) is 66.5 Å². The highest BCUT2D eigenvalue weighted by molar-refractivity contribution is 9.10. The number of sulfonamides is 1. The molecule has 7 heteroatoms. The molecular weight excluding hydrogens is 414 g/mol. The largest absolute Gasteiger partial charge is 0.280 e. The molecule has 5 nitrogen and oxygen atoms in total. The Morgan fingerprint density at radius 1 is 1.08 bits per heavy atom. The molecular formula is C19H20BrN3O2S. The predicted molar refractivity (Wildman–Crippen MR) is 107 cm³/mol. The van der Waals surface area contributed by atoms with Crippen molar-refractivity contribution >= 4 is 31.6 Å². The molecule has 3 rings (SSSR count). The topological polar surface area (TPSA) is 64.0 Å². The Labute approximate surface area is 162 Å². The second-order valence-corrected chi connectivity index (χ2v) is 8.74. The summed E-state index contributed by atoms with van der Waals surface area (Å²) in [4.78, 5) is 0.246. The number of aryl methyl sites for hydroxylation is 2. The van der Waals surface area contributed by atoms with Crippen LogP contribution in [-0.2, 0) is 16.6 Å². The lowest BCUT2D eigenvalue weighted by molar-refractivity contribution is 0.601. The van der Waals surface area contributed by atoms with Gasteiger partial charge in [0.2, 0.25) is 0 Å². The number of anilines is 1. The highest BCUT2D eigenvalue weighted by atomic mass is 79.9. The maximum absolute atomic E-state index is 12.5. The number of nitrogens with one attached hydrogen (secondary N) is 1. The molecule has 0 saturated carbocycles. The monoisotopic (exact) mass is 433 g/mol. The summed E-state index contributed by atoms with van der Waals surface area (Å²) in [5.74, 6) is 0. The minimum atomic E-state index is -3.61. The lowest BCUT2D eigenvalue weighted by Crippen LogP contribution is -2.13. The highest BCUT2D eigenvalue weighted by Gasteiger charge is 2.14. The summed E-state index contributed by atoms with van der Waals surface area (Å²) < 4.78 is 30.6. The van der Waals surface area contributed by atoms with Crippen molar-refractivity contribution in [3.63, 3.8) is 0 Å². The molecule has 0 bridgehead atoms. The number of halogens is 1. The van der Waals surface area contributed by atoms with Crippen LogP contribution in [-0.4, -0.2) is 18.2 Å². The number of benzene rings is 2. The molecule has 0 amide bonds. The van der Waals surface area contributed by atoms with Crippen molar-refractivity contribution < 1.29 is 8.42 Å². The van der Waals surface area contributed by atoms with Gasteiger partial charge in [0.15, 0.2) is 0 Å². The van der Waals surface area contributed by atoms with Gasteiger partial charge in [0.25, 0.3) is 10.0 Å². The zero-order chi connectivity index (χ0) is 18.9. The van der Waals surface area contributed by atoms with E-state index in [0.29, 0.717) is 12.2 Å². The van der Waals surface area contributed by atoms with Gasteiger partial charge < -0.3 is 0 Å². The number of hydrogen-bond donors (Lipinski definition) is 1. The molecule has 1 heterocycles. The number of hydrogen-bond acceptors (Lipinski definition) is 3. The molecule has 3 aromatic rings. The zero-order valence-corrected chi connectivity index (χ0v) is 17.2.